The van der Waals surface area contributed by atoms with Crippen molar-refractivity contribution in [2.24, 2.45) is 23.0 Å². The largest absolute Gasteiger partial charge is 0.375 e. The van der Waals surface area contributed by atoms with Gasteiger partial charge in [0.1, 0.15) is 0 Å². The number of aliphatic hydroxyl groups is 1. The average Bonchev–Trinajstić information content (AvgIpc) is 3.14. The Labute approximate surface area is 191 Å². The van der Waals surface area contributed by atoms with Crippen LogP contribution in [0, 0.1) is 17.3 Å². The number of carbonyl (C=O) groups excluding carboxylic acids is 1. The van der Waals surface area contributed by atoms with E-state index in [1.807, 2.05) is 30.3 Å². The Morgan fingerprint density at radius 2 is 1.78 bits per heavy atom. The van der Waals surface area contributed by atoms with E-state index in [4.69, 9.17) is 5.73 Å². The Morgan fingerprint density at radius 1 is 1.12 bits per heavy atom. The molecule has 0 aromatic heterocycles. The van der Waals surface area contributed by atoms with E-state index in [0.717, 1.165) is 51.7 Å². The molecule has 5 rings (SSSR count). The van der Waals surface area contributed by atoms with Gasteiger partial charge in [-0.2, -0.15) is 0 Å². The average molecular weight is 434 g/mol. The van der Waals surface area contributed by atoms with Crippen molar-refractivity contribution < 1.29 is 9.90 Å². The lowest BCUT2D eigenvalue weighted by Crippen LogP contribution is -2.54. The van der Waals surface area contributed by atoms with E-state index in [2.05, 4.69) is 40.5 Å². The topological polar surface area (TPSA) is 78.6 Å². The second kappa shape index (κ2) is 8.62. The number of fused-ring (bicyclic) bond motifs is 1. The number of amides is 1. The van der Waals surface area contributed by atoms with Gasteiger partial charge in [0.15, 0.2) is 5.60 Å². The number of hydrogen-bond donors (Lipinski definition) is 3. The van der Waals surface area contributed by atoms with Gasteiger partial charge >= 0.3 is 0 Å². The molecule has 0 bridgehead atoms. The van der Waals surface area contributed by atoms with Gasteiger partial charge in [-0.3, -0.25) is 9.69 Å². The molecule has 3 fully saturated rings. The van der Waals surface area contributed by atoms with Gasteiger partial charge in [-0.15, -0.1) is 0 Å². The smallest absolute Gasteiger partial charge is 0.258 e. The van der Waals surface area contributed by atoms with E-state index in [9.17, 15) is 9.90 Å². The maximum atomic E-state index is 13.4. The number of likely N-dealkylation sites (tertiary alicyclic amines) is 1. The van der Waals surface area contributed by atoms with Crippen LogP contribution in [0.2, 0.25) is 0 Å². The molecule has 1 amide bonds. The fourth-order valence-corrected chi connectivity index (χ4v) is 6.34. The van der Waals surface area contributed by atoms with Crippen LogP contribution in [0.25, 0.3) is 0 Å². The predicted octanol–water partition coefficient (Wildman–Crippen LogP) is 3.38. The summed E-state index contributed by atoms with van der Waals surface area (Å²) in [6, 6.07) is 20.0. The molecule has 4 atom stereocenters. The molecule has 5 heteroatoms. The standard InChI is InChI=1S/C27H35N3O2/c28-24(16-26-15-23(26)18-30(19-26)17-20-9-3-1-4-10-20)29-25(31)27(32,22-13-7-8-14-22)21-11-5-2-6-12-21/h1-6,9-12,22-24,32H,7-8,13-19,28H2,(H,29,31). The fourth-order valence-electron chi connectivity index (χ4n) is 6.34. The number of rotatable bonds is 8. The Hall–Kier alpha value is -2.21. The molecule has 170 valence electrons. The van der Waals surface area contributed by atoms with Crippen LogP contribution in [-0.4, -0.2) is 35.2 Å². The molecule has 4 N–H and O–H groups in total. The number of hydrogen-bond acceptors (Lipinski definition) is 4. The van der Waals surface area contributed by atoms with Crippen LogP contribution >= 0.6 is 0 Å². The SMILES string of the molecule is NC(CC12CC1CN(Cc1ccccc1)C2)NC(=O)C(O)(c1ccccc1)C1CCCC1. The lowest BCUT2D eigenvalue weighted by Gasteiger charge is -2.34. The molecule has 3 aliphatic rings. The molecule has 32 heavy (non-hydrogen) atoms. The highest BCUT2D eigenvalue weighted by Gasteiger charge is 2.60. The highest BCUT2D eigenvalue weighted by molar-refractivity contribution is 5.87. The lowest BCUT2D eigenvalue weighted by molar-refractivity contribution is -0.148. The van der Waals surface area contributed by atoms with E-state index in [1.165, 1.54) is 12.0 Å². The maximum absolute atomic E-state index is 13.4. The van der Waals surface area contributed by atoms with E-state index < -0.39 is 11.8 Å². The fraction of sp³-hybridized carbons (Fsp3) is 0.519. The van der Waals surface area contributed by atoms with Crippen molar-refractivity contribution in [2.75, 3.05) is 13.1 Å². The number of nitrogens with zero attached hydrogens (tertiary/aromatic N) is 1. The third-order valence-electron chi connectivity index (χ3n) is 8.07. The molecule has 2 aromatic rings. The van der Waals surface area contributed by atoms with Crippen molar-refractivity contribution in [1.29, 1.82) is 0 Å². The third kappa shape index (κ3) is 4.09. The zero-order valence-corrected chi connectivity index (χ0v) is 18.7. The van der Waals surface area contributed by atoms with Crippen molar-refractivity contribution in [3.05, 3.63) is 71.8 Å². The molecule has 1 aliphatic heterocycles. The molecule has 0 spiro atoms. The molecular formula is C27H35N3O2. The summed E-state index contributed by atoms with van der Waals surface area (Å²) < 4.78 is 0. The predicted molar refractivity (Wildman–Crippen MR) is 125 cm³/mol. The highest BCUT2D eigenvalue weighted by atomic mass is 16.3. The van der Waals surface area contributed by atoms with Gasteiger partial charge < -0.3 is 16.2 Å². The number of carbonyl (C=O) groups is 1. The first-order chi connectivity index (χ1) is 15.5. The Morgan fingerprint density at radius 3 is 2.47 bits per heavy atom. The summed E-state index contributed by atoms with van der Waals surface area (Å²) in [6.07, 6.45) is 5.36. The van der Waals surface area contributed by atoms with Crippen molar-refractivity contribution in [1.82, 2.24) is 10.2 Å². The summed E-state index contributed by atoms with van der Waals surface area (Å²) in [5.41, 5.74) is 7.19. The van der Waals surface area contributed by atoms with E-state index in [-0.39, 0.29) is 17.2 Å². The zero-order valence-electron chi connectivity index (χ0n) is 18.7. The summed E-state index contributed by atoms with van der Waals surface area (Å²) in [5, 5.41) is 14.7. The lowest BCUT2D eigenvalue weighted by atomic mass is 9.79. The zero-order chi connectivity index (χ0) is 22.2. The third-order valence-corrected chi connectivity index (χ3v) is 8.07. The van der Waals surface area contributed by atoms with Gasteiger partial charge in [0.2, 0.25) is 0 Å². The number of nitrogens with two attached hydrogens (primary N) is 1. The van der Waals surface area contributed by atoms with Gasteiger partial charge in [0, 0.05) is 25.6 Å². The number of benzene rings is 2. The normalized spacial score (nSPS) is 28.1. The summed E-state index contributed by atoms with van der Waals surface area (Å²) in [4.78, 5) is 15.9. The molecule has 2 saturated carbocycles. The van der Waals surface area contributed by atoms with Gasteiger partial charge in [-0.05, 0) is 48.1 Å². The van der Waals surface area contributed by atoms with Crippen LogP contribution < -0.4 is 11.1 Å². The molecule has 1 saturated heterocycles. The van der Waals surface area contributed by atoms with Crippen molar-refractivity contribution in [3.63, 3.8) is 0 Å². The minimum Gasteiger partial charge on any atom is -0.375 e. The van der Waals surface area contributed by atoms with E-state index in [0.29, 0.717) is 11.5 Å². The molecule has 4 unspecified atom stereocenters. The first-order valence-electron chi connectivity index (χ1n) is 12.1. The second-order valence-corrected chi connectivity index (χ2v) is 10.3. The van der Waals surface area contributed by atoms with E-state index in [1.54, 1.807) is 0 Å². The first-order valence-corrected chi connectivity index (χ1v) is 12.1. The van der Waals surface area contributed by atoms with Gasteiger partial charge in [-0.1, -0.05) is 73.5 Å². The van der Waals surface area contributed by atoms with Crippen molar-refractivity contribution in [2.45, 2.75) is 56.8 Å². The van der Waals surface area contributed by atoms with Crippen molar-refractivity contribution in [3.8, 4) is 0 Å². The number of piperidine rings is 1. The van der Waals surface area contributed by atoms with Crippen LogP contribution in [0.5, 0.6) is 0 Å². The minimum atomic E-state index is -1.51. The monoisotopic (exact) mass is 433 g/mol. The van der Waals surface area contributed by atoms with Crippen LogP contribution in [0.1, 0.15) is 49.7 Å². The Bertz CT molecular complexity index is 930. The molecule has 0 radical (unpaired) electrons. The molecule has 1 heterocycles. The first kappa shape index (κ1) is 21.6. The van der Waals surface area contributed by atoms with Crippen LogP contribution in [-0.2, 0) is 16.9 Å². The molecule has 2 aliphatic carbocycles. The summed E-state index contributed by atoms with van der Waals surface area (Å²) in [7, 11) is 0. The molecule has 5 nitrogen and oxygen atoms in total. The van der Waals surface area contributed by atoms with Gasteiger partial charge in [-0.25, -0.2) is 0 Å². The van der Waals surface area contributed by atoms with Crippen molar-refractivity contribution >= 4 is 5.91 Å². The Kier molecular flexibility index (Phi) is 5.82. The minimum absolute atomic E-state index is 0.0585. The van der Waals surface area contributed by atoms with Crippen LogP contribution in [0.3, 0.4) is 0 Å². The summed E-state index contributed by atoms with van der Waals surface area (Å²) in [5.74, 6) is 0.268. The quantitative estimate of drug-likeness (QED) is 0.558. The Balaban J connectivity index is 1.23. The van der Waals surface area contributed by atoms with Crippen LogP contribution in [0.4, 0.5) is 0 Å². The maximum Gasteiger partial charge on any atom is 0.258 e. The number of nitrogens with one attached hydrogen (secondary N) is 1. The highest BCUT2D eigenvalue weighted by Crippen LogP contribution is 2.60. The summed E-state index contributed by atoms with van der Waals surface area (Å²) in [6.45, 7) is 3.10. The van der Waals surface area contributed by atoms with Crippen LogP contribution in [0.15, 0.2) is 60.7 Å². The van der Waals surface area contributed by atoms with E-state index >= 15 is 0 Å². The van der Waals surface area contributed by atoms with Gasteiger partial charge in [0.05, 0.1) is 6.17 Å². The molecule has 2 aromatic carbocycles. The second-order valence-electron chi connectivity index (χ2n) is 10.3. The molecular weight excluding hydrogens is 398 g/mol. The summed E-state index contributed by atoms with van der Waals surface area (Å²) >= 11 is 0. The van der Waals surface area contributed by atoms with Gasteiger partial charge in [0.25, 0.3) is 5.91 Å².